The molecule has 0 saturated heterocycles. The minimum absolute atomic E-state index is 0.0491. The Hall–Kier alpha value is -0.340. The van der Waals surface area contributed by atoms with Crippen molar-refractivity contribution in [2.75, 3.05) is 6.61 Å². The molecule has 0 radical (unpaired) electrons. The minimum atomic E-state index is -0.528. The Bertz CT molecular complexity index is 461. The first kappa shape index (κ1) is 16.5. The van der Waals surface area contributed by atoms with Crippen LogP contribution < -0.4 is 0 Å². The third-order valence-electron chi connectivity index (χ3n) is 7.98. The summed E-state index contributed by atoms with van der Waals surface area (Å²) in [5.74, 6) is 0.940. The zero-order chi connectivity index (χ0) is 16.2. The van der Waals surface area contributed by atoms with Crippen LogP contribution in [0.1, 0.15) is 72.1 Å². The summed E-state index contributed by atoms with van der Waals surface area (Å²) >= 11 is 0. The lowest BCUT2D eigenvalue weighted by atomic mass is 9.42. The maximum absolute atomic E-state index is 11.5. The molecule has 126 valence electrons. The highest BCUT2D eigenvalue weighted by atomic mass is 16.3. The first-order chi connectivity index (χ1) is 10.2. The number of fused-ring (bicyclic) bond motifs is 3. The molecule has 3 aliphatic carbocycles. The molecule has 3 rings (SSSR count). The molecule has 0 amide bonds. The van der Waals surface area contributed by atoms with Gasteiger partial charge in [-0.1, -0.05) is 33.3 Å². The van der Waals surface area contributed by atoms with E-state index in [0.717, 1.165) is 38.5 Å². The average molecular weight is 306 g/mol. The fourth-order valence-electron chi connectivity index (χ4n) is 6.73. The summed E-state index contributed by atoms with van der Waals surface area (Å²) in [7, 11) is 0. The van der Waals surface area contributed by atoms with E-state index in [1.165, 1.54) is 12.8 Å². The summed E-state index contributed by atoms with van der Waals surface area (Å²) in [5.41, 5.74) is -0.206. The van der Waals surface area contributed by atoms with Crippen molar-refractivity contribution in [3.8, 4) is 0 Å². The van der Waals surface area contributed by atoms with Gasteiger partial charge in [0.25, 0.3) is 0 Å². The van der Waals surface area contributed by atoms with Gasteiger partial charge in [-0.2, -0.15) is 0 Å². The lowest BCUT2D eigenvalue weighted by molar-refractivity contribution is -0.210. The van der Waals surface area contributed by atoms with E-state index in [1.54, 1.807) is 0 Å². The molecule has 3 aliphatic rings. The quantitative estimate of drug-likeness (QED) is 0.746. The second-order valence-corrected chi connectivity index (χ2v) is 9.49. The summed E-state index contributed by atoms with van der Waals surface area (Å²) in [4.78, 5) is 0. The molecule has 0 unspecified atom stereocenters. The van der Waals surface area contributed by atoms with Gasteiger partial charge in [-0.3, -0.25) is 0 Å². The zero-order valence-electron chi connectivity index (χ0n) is 14.7. The Morgan fingerprint density at radius 1 is 1.05 bits per heavy atom. The Labute approximate surface area is 136 Å². The average Bonchev–Trinajstić information content (AvgIpc) is 2.46. The molecule has 0 heterocycles. The van der Waals surface area contributed by atoms with Crippen LogP contribution in [-0.4, -0.2) is 22.4 Å². The zero-order valence-corrected chi connectivity index (χ0v) is 14.7. The molecule has 0 aromatic rings. The minimum Gasteiger partial charge on any atom is -0.396 e. The smallest absolute Gasteiger partial charge is 0.0689 e. The molecule has 0 aromatic heterocycles. The molecule has 2 nitrogen and oxygen atoms in total. The maximum Gasteiger partial charge on any atom is 0.0689 e. The normalized spacial score (nSPS) is 55.1. The van der Waals surface area contributed by atoms with E-state index in [1.807, 2.05) is 0 Å². The van der Waals surface area contributed by atoms with Crippen LogP contribution in [0.3, 0.4) is 0 Å². The van der Waals surface area contributed by atoms with Crippen LogP contribution in [0.15, 0.2) is 12.7 Å². The number of hydrogen-bond acceptors (Lipinski definition) is 2. The van der Waals surface area contributed by atoms with Gasteiger partial charge in [-0.25, -0.2) is 0 Å². The lowest BCUT2D eigenvalue weighted by Crippen LogP contribution is -2.62. The Balaban J connectivity index is 1.94. The molecule has 6 atom stereocenters. The highest BCUT2D eigenvalue weighted by Crippen LogP contribution is 2.66. The fraction of sp³-hybridized carbons (Fsp3) is 0.900. The molecular formula is C20H34O2. The van der Waals surface area contributed by atoms with Crippen LogP contribution in [0.2, 0.25) is 0 Å². The SMILES string of the molecule is C=C[C@]1(C)CC[C@@H]2[C@@](O)(CC[C@H]3[C@](C)(CO)CCC[C@]23C)C1. The summed E-state index contributed by atoms with van der Waals surface area (Å²) in [5, 5.41) is 21.5. The molecule has 2 heteroatoms. The topological polar surface area (TPSA) is 40.5 Å². The standard InChI is InChI=1S/C20H34O2/c1-5-17(2)11-7-16-19(4)10-6-9-18(3,14-21)15(19)8-12-20(16,22)13-17/h5,15-16,21-22H,1,6-14H2,2-4H3/t15-,16-,17+,18-,19-,20+/m0/s1. The highest BCUT2D eigenvalue weighted by molar-refractivity contribution is 5.14. The summed E-state index contributed by atoms with van der Waals surface area (Å²) < 4.78 is 0. The number of aliphatic hydroxyl groups excluding tert-OH is 1. The highest BCUT2D eigenvalue weighted by Gasteiger charge is 2.62. The Morgan fingerprint density at radius 2 is 1.73 bits per heavy atom. The van der Waals surface area contributed by atoms with Crippen molar-refractivity contribution in [3.05, 3.63) is 12.7 Å². The van der Waals surface area contributed by atoms with E-state index in [2.05, 4.69) is 33.4 Å². The van der Waals surface area contributed by atoms with Gasteiger partial charge in [0.1, 0.15) is 0 Å². The van der Waals surface area contributed by atoms with Crippen molar-refractivity contribution < 1.29 is 10.2 Å². The molecule has 0 aromatic carbocycles. The van der Waals surface area contributed by atoms with E-state index < -0.39 is 5.60 Å². The fourth-order valence-corrected chi connectivity index (χ4v) is 6.73. The molecule has 2 N–H and O–H groups in total. The second kappa shape index (κ2) is 5.08. The molecule has 3 saturated carbocycles. The molecule has 0 bridgehead atoms. The van der Waals surface area contributed by atoms with Crippen LogP contribution in [0, 0.1) is 28.1 Å². The predicted molar refractivity (Wildman–Crippen MR) is 90.5 cm³/mol. The van der Waals surface area contributed by atoms with Crippen LogP contribution in [-0.2, 0) is 0 Å². The summed E-state index contributed by atoms with van der Waals surface area (Å²) in [6.07, 6.45) is 10.7. The molecule has 0 spiro atoms. The number of rotatable bonds is 2. The van der Waals surface area contributed by atoms with E-state index >= 15 is 0 Å². The summed E-state index contributed by atoms with van der Waals surface area (Å²) in [6.45, 7) is 11.2. The third kappa shape index (κ3) is 2.21. The van der Waals surface area contributed by atoms with Crippen molar-refractivity contribution in [1.82, 2.24) is 0 Å². The molecule has 22 heavy (non-hydrogen) atoms. The number of allylic oxidation sites excluding steroid dienone is 1. The van der Waals surface area contributed by atoms with Gasteiger partial charge in [0.2, 0.25) is 0 Å². The van der Waals surface area contributed by atoms with Crippen LogP contribution in [0.25, 0.3) is 0 Å². The van der Waals surface area contributed by atoms with E-state index in [0.29, 0.717) is 18.4 Å². The van der Waals surface area contributed by atoms with Gasteiger partial charge in [0.05, 0.1) is 5.60 Å². The van der Waals surface area contributed by atoms with Crippen molar-refractivity contribution in [1.29, 1.82) is 0 Å². The van der Waals surface area contributed by atoms with Crippen LogP contribution >= 0.6 is 0 Å². The van der Waals surface area contributed by atoms with Crippen molar-refractivity contribution >= 4 is 0 Å². The first-order valence-electron chi connectivity index (χ1n) is 9.18. The van der Waals surface area contributed by atoms with E-state index in [-0.39, 0.29) is 16.2 Å². The Morgan fingerprint density at radius 3 is 2.36 bits per heavy atom. The van der Waals surface area contributed by atoms with Crippen LogP contribution in [0.4, 0.5) is 0 Å². The van der Waals surface area contributed by atoms with Gasteiger partial charge in [0, 0.05) is 6.61 Å². The van der Waals surface area contributed by atoms with Crippen molar-refractivity contribution in [2.45, 2.75) is 77.7 Å². The number of aliphatic hydroxyl groups is 2. The van der Waals surface area contributed by atoms with Gasteiger partial charge in [-0.05, 0) is 73.0 Å². The molecular weight excluding hydrogens is 272 g/mol. The predicted octanol–water partition coefficient (Wildman–Crippen LogP) is 4.31. The van der Waals surface area contributed by atoms with Gasteiger partial charge in [0.15, 0.2) is 0 Å². The van der Waals surface area contributed by atoms with Crippen LogP contribution in [0.5, 0.6) is 0 Å². The summed E-state index contributed by atoms with van der Waals surface area (Å²) in [6, 6.07) is 0. The monoisotopic (exact) mass is 306 g/mol. The lowest BCUT2D eigenvalue weighted by Gasteiger charge is -2.64. The second-order valence-electron chi connectivity index (χ2n) is 9.49. The Kier molecular flexibility index (Phi) is 3.81. The van der Waals surface area contributed by atoms with E-state index in [4.69, 9.17) is 0 Å². The largest absolute Gasteiger partial charge is 0.396 e. The maximum atomic E-state index is 11.5. The van der Waals surface area contributed by atoms with Crippen molar-refractivity contribution in [3.63, 3.8) is 0 Å². The van der Waals surface area contributed by atoms with Gasteiger partial charge < -0.3 is 10.2 Å². The number of hydrogen-bond donors (Lipinski definition) is 2. The van der Waals surface area contributed by atoms with Gasteiger partial charge in [-0.15, -0.1) is 6.58 Å². The van der Waals surface area contributed by atoms with E-state index in [9.17, 15) is 10.2 Å². The molecule has 0 aliphatic heterocycles. The first-order valence-corrected chi connectivity index (χ1v) is 9.18. The molecule has 3 fully saturated rings. The van der Waals surface area contributed by atoms with Gasteiger partial charge >= 0.3 is 0 Å². The van der Waals surface area contributed by atoms with Crippen molar-refractivity contribution in [2.24, 2.45) is 28.1 Å². The third-order valence-corrected chi connectivity index (χ3v) is 7.98.